The van der Waals surface area contributed by atoms with E-state index >= 15 is 0 Å². The van der Waals surface area contributed by atoms with E-state index in [9.17, 15) is 13.2 Å². The minimum Gasteiger partial charge on any atom is -0.489 e. The molecule has 36 heavy (non-hydrogen) atoms. The van der Waals surface area contributed by atoms with Crippen LogP contribution in [0.1, 0.15) is 15.9 Å². The summed E-state index contributed by atoms with van der Waals surface area (Å²) in [6.45, 7) is 2.65. The molecule has 0 unspecified atom stereocenters. The zero-order chi connectivity index (χ0) is 25.5. The molecule has 0 saturated carbocycles. The Kier molecular flexibility index (Phi) is 8.19. The van der Waals surface area contributed by atoms with Crippen LogP contribution in [0.15, 0.2) is 78.9 Å². The number of thiocarbonyl (C=S) groups is 1. The normalized spacial score (nSPS) is 14.2. The summed E-state index contributed by atoms with van der Waals surface area (Å²) in [7, 11) is -3.16. The van der Waals surface area contributed by atoms with Crippen LogP contribution < -0.4 is 20.3 Å². The van der Waals surface area contributed by atoms with Gasteiger partial charge in [0.05, 0.1) is 6.26 Å². The van der Waals surface area contributed by atoms with Gasteiger partial charge in [-0.1, -0.05) is 30.3 Å². The molecule has 2 N–H and O–H groups in total. The molecule has 0 radical (unpaired) electrons. The fourth-order valence-electron chi connectivity index (χ4n) is 3.81. The Bertz CT molecular complexity index is 1290. The van der Waals surface area contributed by atoms with Gasteiger partial charge in [0, 0.05) is 43.1 Å². The number of carbonyl (C=O) groups excluding carboxylic acids is 1. The van der Waals surface area contributed by atoms with E-state index in [2.05, 4.69) is 15.5 Å². The molecule has 1 fully saturated rings. The van der Waals surface area contributed by atoms with E-state index in [1.54, 1.807) is 24.3 Å². The van der Waals surface area contributed by atoms with E-state index in [-0.39, 0.29) is 11.0 Å². The number of amides is 1. The molecular formula is C26H28N4O4S2. The fourth-order valence-corrected chi connectivity index (χ4v) is 4.85. The number of anilines is 2. The van der Waals surface area contributed by atoms with Crippen LogP contribution in [0.2, 0.25) is 0 Å². The van der Waals surface area contributed by atoms with Crippen molar-refractivity contribution >= 4 is 44.6 Å². The Morgan fingerprint density at radius 2 is 1.56 bits per heavy atom. The van der Waals surface area contributed by atoms with Crippen molar-refractivity contribution in [2.75, 3.05) is 42.7 Å². The third-order valence-electron chi connectivity index (χ3n) is 5.79. The number of ether oxygens (including phenoxy) is 1. The minimum absolute atomic E-state index is 0.193. The van der Waals surface area contributed by atoms with Gasteiger partial charge in [0.1, 0.15) is 12.4 Å². The summed E-state index contributed by atoms with van der Waals surface area (Å²) >= 11 is 5.30. The maximum absolute atomic E-state index is 12.6. The number of nitrogens with zero attached hydrogens (tertiary/aromatic N) is 2. The molecule has 0 spiro atoms. The second-order valence-electron chi connectivity index (χ2n) is 8.40. The lowest BCUT2D eigenvalue weighted by Crippen LogP contribution is -2.48. The van der Waals surface area contributed by atoms with Crippen LogP contribution in [0.4, 0.5) is 11.4 Å². The van der Waals surface area contributed by atoms with Gasteiger partial charge < -0.3 is 15.0 Å². The highest BCUT2D eigenvalue weighted by atomic mass is 32.2. The molecule has 10 heteroatoms. The summed E-state index contributed by atoms with van der Waals surface area (Å²) < 4.78 is 30.6. The van der Waals surface area contributed by atoms with Gasteiger partial charge in [0.2, 0.25) is 10.0 Å². The van der Waals surface area contributed by atoms with E-state index in [1.807, 2.05) is 54.6 Å². The first-order valence-corrected chi connectivity index (χ1v) is 13.7. The van der Waals surface area contributed by atoms with Gasteiger partial charge in [-0.15, -0.1) is 0 Å². The van der Waals surface area contributed by atoms with E-state index in [0.29, 0.717) is 44.1 Å². The van der Waals surface area contributed by atoms with Crippen molar-refractivity contribution in [3.63, 3.8) is 0 Å². The van der Waals surface area contributed by atoms with Gasteiger partial charge in [-0.05, 0) is 66.3 Å². The topological polar surface area (TPSA) is 91.0 Å². The molecule has 0 aliphatic carbocycles. The lowest BCUT2D eigenvalue weighted by Gasteiger charge is -2.34. The van der Waals surface area contributed by atoms with Gasteiger partial charge in [0.25, 0.3) is 5.91 Å². The third kappa shape index (κ3) is 7.03. The smallest absolute Gasteiger partial charge is 0.257 e. The first kappa shape index (κ1) is 25.6. The van der Waals surface area contributed by atoms with Gasteiger partial charge >= 0.3 is 0 Å². The summed E-state index contributed by atoms with van der Waals surface area (Å²) in [6.07, 6.45) is 1.24. The van der Waals surface area contributed by atoms with Crippen LogP contribution in [0.25, 0.3) is 0 Å². The van der Waals surface area contributed by atoms with E-state index in [4.69, 9.17) is 17.0 Å². The summed E-state index contributed by atoms with van der Waals surface area (Å²) in [5.74, 6) is 0.358. The molecule has 1 aliphatic heterocycles. The van der Waals surface area contributed by atoms with Crippen LogP contribution in [-0.4, -0.2) is 56.2 Å². The van der Waals surface area contributed by atoms with Gasteiger partial charge in [-0.2, -0.15) is 4.31 Å². The van der Waals surface area contributed by atoms with Crippen LogP contribution in [-0.2, 0) is 16.6 Å². The number of hydrogen-bond acceptors (Lipinski definition) is 6. The number of piperazine rings is 1. The Morgan fingerprint density at radius 1 is 0.917 bits per heavy atom. The summed E-state index contributed by atoms with van der Waals surface area (Å²) in [5.41, 5.74) is 3.27. The van der Waals surface area contributed by atoms with Gasteiger partial charge in [-0.25, -0.2) is 8.42 Å². The lowest BCUT2D eigenvalue weighted by molar-refractivity contribution is 0.0977. The largest absolute Gasteiger partial charge is 0.489 e. The minimum atomic E-state index is -3.16. The van der Waals surface area contributed by atoms with Crippen molar-refractivity contribution in [1.82, 2.24) is 9.62 Å². The molecule has 1 heterocycles. The molecule has 8 nitrogen and oxygen atoms in total. The Labute approximate surface area is 216 Å². The van der Waals surface area contributed by atoms with Crippen molar-refractivity contribution < 1.29 is 17.9 Å². The fraction of sp³-hybridized carbons (Fsp3) is 0.231. The van der Waals surface area contributed by atoms with Crippen molar-refractivity contribution in [2.45, 2.75) is 6.61 Å². The molecule has 1 aliphatic rings. The van der Waals surface area contributed by atoms with Crippen molar-refractivity contribution in [3.8, 4) is 5.75 Å². The zero-order valence-corrected chi connectivity index (χ0v) is 21.5. The van der Waals surface area contributed by atoms with Crippen molar-refractivity contribution in [3.05, 3.63) is 90.0 Å². The highest BCUT2D eigenvalue weighted by Gasteiger charge is 2.23. The number of benzene rings is 3. The number of nitrogens with one attached hydrogen (secondary N) is 2. The third-order valence-corrected chi connectivity index (χ3v) is 7.30. The second-order valence-corrected chi connectivity index (χ2v) is 10.8. The average molecular weight is 525 g/mol. The summed E-state index contributed by atoms with van der Waals surface area (Å²) in [5, 5.41) is 5.90. The van der Waals surface area contributed by atoms with Crippen molar-refractivity contribution in [2.24, 2.45) is 0 Å². The molecule has 0 bridgehead atoms. The molecule has 3 aromatic carbocycles. The first-order valence-electron chi connectivity index (χ1n) is 11.5. The highest BCUT2D eigenvalue weighted by molar-refractivity contribution is 7.88. The van der Waals surface area contributed by atoms with E-state index < -0.39 is 10.0 Å². The summed E-state index contributed by atoms with van der Waals surface area (Å²) in [4.78, 5) is 14.7. The monoisotopic (exact) mass is 524 g/mol. The predicted octanol–water partition coefficient (Wildman–Crippen LogP) is 3.47. The molecule has 1 amide bonds. The molecule has 0 aromatic heterocycles. The van der Waals surface area contributed by atoms with Crippen molar-refractivity contribution in [1.29, 1.82) is 0 Å². The molecule has 1 saturated heterocycles. The standard InChI is InChI=1S/C26H28N4O4S2/c1-36(32,33)30-17-15-29(16-18-30)23-11-9-22(10-12-23)27-26(35)28-25(31)21-7-13-24(14-8-21)34-19-20-5-3-2-4-6-20/h2-14H,15-19H2,1H3,(H2,27,28,31,35). The van der Waals surface area contributed by atoms with Crippen LogP contribution >= 0.6 is 12.2 Å². The predicted molar refractivity (Wildman–Crippen MR) is 146 cm³/mol. The molecule has 3 aromatic rings. The molecule has 4 rings (SSSR count). The van der Waals surface area contributed by atoms with Crippen LogP contribution in [0.5, 0.6) is 5.75 Å². The first-order chi connectivity index (χ1) is 17.3. The molecule has 0 atom stereocenters. The van der Waals surface area contributed by atoms with E-state index in [1.165, 1.54) is 10.6 Å². The Balaban J connectivity index is 1.24. The SMILES string of the molecule is CS(=O)(=O)N1CCN(c2ccc(NC(=S)NC(=O)c3ccc(OCc4ccccc4)cc3)cc2)CC1. The highest BCUT2D eigenvalue weighted by Crippen LogP contribution is 2.20. The van der Waals surface area contributed by atoms with E-state index in [0.717, 1.165) is 16.9 Å². The zero-order valence-electron chi connectivity index (χ0n) is 19.9. The number of carbonyl (C=O) groups is 1. The van der Waals surface area contributed by atoms with Crippen LogP contribution in [0, 0.1) is 0 Å². The molecule has 188 valence electrons. The average Bonchev–Trinajstić information content (AvgIpc) is 2.88. The Morgan fingerprint density at radius 3 is 2.17 bits per heavy atom. The van der Waals surface area contributed by atoms with Gasteiger partial charge in [0.15, 0.2) is 5.11 Å². The van der Waals surface area contributed by atoms with Crippen LogP contribution in [0.3, 0.4) is 0 Å². The number of sulfonamides is 1. The quantitative estimate of drug-likeness (QED) is 0.458. The Hall–Kier alpha value is -3.47. The maximum Gasteiger partial charge on any atom is 0.257 e. The maximum atomic E-state index is 12.6. The van der Waals surface area contributed by atoms with Gasteiger partial charge in [-0.3, -0.25) is 10.1 Å². The second kappa shape index (κ2) is 11.5. The molecular weight excluding hydrogens is 496 g/mol. The number of rotatable bonds is 7. The summed E-state index contributed by atoms with van der Waals surface area (Å²) in [6, 6.07) is 24.4. The number of hydrogen-bond donors (Lipinski definition) is 2. The lowest BCUT2D eigenvalue weighted by atomic mass is 10.2.